The van der Waals surface area contributed by atoms with Crippen molar-refractivity contribution in [2.75, 3.05) is 11.9 Å². The molecule has 0 radical (unpaired) electrons. The van der Waals surface area contributed by atoms with Gasteiger partial charge in [0.05, 0.1) is 16.1 Å². The molecule has 0 saturated carbocycles. The third kappa shape index (κ3) is 3.91. The molecule has 0 aromatic carbocycles. The first-order valence-electron chi connectivity index (χ1n) is 6.93. The van der Waals surface area contributed by atoms with E-state index in [2.05, 4.69) is 36.1 Å². The number of fused-ring (bicyclic) bond motifs is 1. The summed E-state index contributed by atoms with van der Waals surface area (Å²) >= 11 is 1.58. The van der Waals surface area contributed by atoms with E-state index in [0.717, 1.165) is 21.6 Å². The molecular formula is C15H21N3O2S. The molecule has 1 atom stereocenters. The van der Waals surface area contributed by atoms with Crippen molar-refractivity contribution >= 4 is 33.3 Å². The molecular weight excluding hydrogens is 286 g/mol. The first-order valence-corrected chi connectivity index (χ1v) is 7.81. The summed E-state index contributed by atoms with van der Waals surface area (Å²) in [5.41, 5.74) is 2.02. The molecule has 2 aromatic heterocycles. The molecule has 114 valence electrons. The molecule has 1 unspecified atom stereocenters. The van der Waals surface area contributed by atoms with Crippen LogP contribution in [0.4, 0.5) is 5.82 Å². The molecule has 6 heteroatoms. The van der Waals surface area contributed by atoms with Crippen molar-refractivity contribution < 1.29 is 9.90 Å². The molecule has 0 aliphatic rings. The maximum Gasteiger partial charge on any atom is 0.308 e. The van der Waals surface area contributed by atoms with Gasteiger partial charge in [-0.05, 0) is 29.7 Å². The fourth-order valence-electron chi connectivity index (χ4n) is 2.30. The minimum absolute atomic E-state index is 0.0226. The summed E-state index contributed by atoms with van der Waals surface area (Å²) in [5, 5.41) is 14.6. The Hall–Kier alpha value is -1.69. The number of rotatable bonds is 5. The van der Waals surface area contributed by atoms with Crippen LogP contribution in [-0.2, 0) is 4.79 Å². The van der Waals surface area contributed by atoms with Crippen molar-refractivity contribution in [1.29, 1.82) is 0 Å². The number of carboxylic acids is 1. The number of nitrogens with zero attached hydrogens (tertiary/aromatic N) is 2. The SMILES string of the molecule is Cc1csc2c(NCC(CC(C)(C)C)C(=O)O)ncnc12. The smallest absolute Gasteiger partial charge is 0.308 e. The lowest BCUT2D eigenvalue weighted by molar-refractivity contribution is -0.142. The van der Waals surface area contributed by atoms with Crippen molar-refractivity contribution in [3.63, 3.8) is 0 Å². The van der Waals surface area contributed by atoms with Crippen molar-refractivity contribution in [2.45, 2.75) is 34.1 Å². The maximum atomic E-state index is 11.4. The van der Waals surface area contributed by atoms with Gasteiger partial charge in [0.2, 0.25) is 0 Å². The Morgan fingerprint density at radius 2 is 2.14 bits per heavy atom. The summed E-state index contributed by atoms with van der Waals surface area (Å²) in [7, 11) is 0. The van der Waals surface area contributed by atoms with E-state index < -0.39 is 11.9 Å². The first-order chi connectivity index (χ1) is 9.78. The fourth-order valence-corrected chi connectivity index (χ4v) is 3.27. The predicted octanol–water partition coefficient (Wildman–Crippen LogP) is 3.55. The molecule has 0 saturated heterocycles. The van der Waals surface area contributed by atoms with E-state index in [-0.39, 0.29) is 5.41 Å². The van der Waals surface area contributed by atoms with Gasteiger partial charge < -0.3 is 10.4 Å². The van der Waals surface area contributed by atoms with Gasteiger partial charge in [0, 0.05) is 6.54 Å². The summed E-state index contributed by atoms with van der Waals surface area (Å²) in [5.74, 6) is -0.487. The average Bonchev–Trinajstić information content (AvgIpc) is 2.75. The van der Waals surface area contributed by atoms with Crippen molar-refractivity contribution in [3.05, 3.63) is 17.3 Å². The zero-order valence-electron chi connectivity index (χ0n) is 12.8. The zero-order chi connectivity index (χ0) is 15.6. The van der Waals surface area contributed by atoms with Gasteiger partial charge in [-0.3, -0.25) is 4.79 Å². The van der Waals surface area contributed by atoms with Crippen LogP contribution in [0.25, 0.3) is 10.2 Å². The van der Waals surface area contributed by atoms with Crippen LogP contribution in [0.15, 0.2) is 11.7 Å². The Labute approximate surface area is 128 Å². The Morgan fingerprint density at radius 1 is 1.43 bits per heavy atom. The first kappa shape index (κ1) is 15.7. The van der Waals surface area contributed by atoms with Crippen molar-refractivity contribution in [2.24, 2.45) is 11.3 Å². The van der Waals surface area contributed by atoms with E-state index >= 15 is 0 Å². The molecule has 0 aliphatic heterocycles. The number of carboxylic acid groups (broad SMARTS) is 1. The summed E-state index contributed by atoms with van der Waals surface area (Å²) in [6, 6.07) is 0. The van der Waals surface area contributed by atoms with Crippen molar-refractivity contribution in [1.82, 2.24) is 9.97 Å². The highest BCUT2D eigenvalue weighted by molar-refractivity contribution is 7.18. The highest BCUT2D eigenvalue weighted by Crippen LogP contribution is 2.29. The fraction of sp³-hybridized carbons (Fsp3) is 0.533. The van der Waals surface area contributed by atoms with Gasteiger partial charge in [0.15, 0.2) is 0 Å². The lowest BCUT2D eigenvalue weighted by atomic mass is 9.84. The molecule has 0 fully saturated rings. The van der Waals surface area contributed by atoms with Crippen LogP contribution >= 0.6 is 11.3 Å². The lowest BCUT2D eigenvalue weighted by Gasteiger charge is -2.23. The van der Waals surface area contributed by atoms with Crippen LogP contribution in [-0.4, -0.2) is 27.6 Å². The quantitative estimate of drug-likeness (QED) is 0.883. The van der Waals surface area contributed by atoms with Crippen LogP contribution in [0.1, 0.15) is 32.8 Å². The Bertz CT molecular complexity index is 646. The van der Waals surface area contributed by atoms with Crippen LogP contribution in [0, 0.1) is 18.3 Å². The number of anilines is 1. The minimum Gasteiger partial charge on any atom is -0.481 e. The number of nitrogens with one attached hydrogen (secondary N) is 1. The normalized spacial score (nSPS) is 13.3. The van der Waals surface area contributed by atoms with Crippen LogP contribution in [0.3, 0.4) is 0 Å². The molecule has 0 aliphatic carbocycles. The zero-order valence-corrected chi connectivity index (χ0v) is 13.6. The Morgan fingerprint density at radius 3 is 2.76 bits per heavy atom. The number of carbonyl (C=O) groups is 1. The number of aryl methyl sites for hydroxylation is 1. The van der Waals surface area contributed by atoms with Crippen molar-refractivity contribution in [3.8, 4) is 0 Å². The topological polar surface area (TPSA) is 75.1 Å². The lowest BCUT2D eigenvalue weighted by Crippen LogP contribution is -2.27. The van der Waals surface area contributed by atoms with E-state index in [1.54, 1.807) is 11.3 Å². The molecule has 5 nitrogen and oxygen atoms in total. The monoisotopic (exact) mass is 307 g/mol. The van der Waals surface area contributed by atoms with E-state index in [9.17, 15) is 9.90 Å². The summed E-state index contributed by atoms with van der Waals surface area (Å²) < 4.78 is 0.981. The van der Waals surface area contributed by atoms with Gasteiger partial charge in [-0.25, -0.2) is 9.97 Å². The summed E-state index contributed by atoms with van der Waals surface area (Å²) in [4.78, 5) is 19.9. The van der Waals surface area contributed by atoms with Gasteiger partial charge in [0.1, 0.15) is 12.1 Å². The van der Waals surface area contributed by atoms with E-state index in [1.807, 2.05) is 12.3 Å². The molecule has 2 heterocycles. The average molecular weight is 307 g/mol. The van der Waals surface area contributed by atoms with Crippen LogP contribution < -0.4 is 5.32 Å². The van der Waals surface area contributed by atoms with E-state index in [0.29, 0.717) is 13.0 Å². The number of aromatic nitrogens is 2. The molecule has 2 aromatic rings. The van der Waals surface area contributed by atoms with E-state index in [4.69, 9.17) is 0 Å². The van der Waals surface area contributed by atoms with Crippen LogP contribution in [0.2, 0.25) is 0 Å². The number of hydrogen-bond donors (Lipinski definition) is 2. The molecule has 2 rings (SSSR count). The predicted molar refractivity (Wildman–Crippen MR) is 85.8 cm³/mol. The highest BCUT2D eigenvalue weighted by Gasteiger charge is 2.24. The van der Waals surface area contributed by atoms with Crippen LogP contribution in [0.5, 0.6) is 0 Å². The molecule has 2 N–H and O–H groups in total. The van der Waals surface area contributed by atoms with Gasteiger partial charge >= 0.3 is 5.97 Å². The van der Waals surface area contributed by atoms with Gasteiger partial charge in [-0.1, -0.05) is 20.8 Å². The largest absolute Gasteiger partial charge is 0.481 e. The van der Waals surface area contributed by atoms with Gasteiger partial charge in [-0.15, -0.1) is 11.3 Å². The second-order valence-corrected chi connectivity index (χ2v) is 7.38. The number of hydrogen-bond acceptors (Lipinski definition) is 5. The third-order valence-corrected chi connectivity index (χ3v) is 4.35. The molecule has 0 bridgehead atoms. The van der Waals surface area contributed by atoms with Gasteiger partial charge in [-0.2, -0.15) is 0 Å². The highest BCUT2D eigenvalue weighted by atomic mass is 32.1. The Kier molecular flexibility index (Phi) is 4.46. The minimum atomic E-state index is -0.773. The molecule has 0 spiro atoms. The summed E-state index contributed by atoms with van der Waals surface area (Å²) in [6.45, 7) is 8.53. The number of thiophene rings is 1. The Balaban J connectivity index is 2.14. The second-order valence-electron chi connectivity index (χ2n) is 6.50. The van der Waals surface area contributed by atoms with Gasteiger partial charge in [0.25, 0.3) is 0 Å². The standard InChI is InChI=1S/C15H21N3O2S/c1-9-7-21-12-11(9)17-8-18-13(12)16-6-10(14(19)20)5-15(2,3)4/h7-8,10H,5-6H2,1-4H3,(H,19,20)(H,16,17,18). The number of aliphatic carboxylic acids is 1. The third-order valence-electron chi connectivity index (χ3n) is 3.25. The summed E-state index contributed by atoms with van der Waals surface area (Å²) in [6.07, 6.45) is 2.14. The maximum absolute atomic E-state index is 11.4. The molecule has 0 amide bonds. The van der Waals surface area contributed by atoms with E-state index in [1.165, 1.54) is 6.33 Å². The molecule has 21 heavy (non-hydrogen) atoms. The second kappa shape index (κ2) is 5.97.